The van der Waals surface area contributed by atoms with Crippen LogP contribution in [0.4, 0.5) is 0 Å². The van der Waals surface area contributed by atoms with Crippen molar-refractivity contribution in [3.8, 4) is 0 Å². The molecule has 0 aromatic carbocycles. The topological polar surface area (TPSA) is 456 Å². The monoisotopic (exact) mass is 1110 g/mol. The van der Waals surface area contributed by atoms with Crippen LogP contribution in [0.15, 0.2) is 0 Å². The second kappa shape index (κ2) is 41.5. The van der Waals surface area contributed by atoms with Gasteiger partial charge in [0.1, 0.15) is 36.6 Å². The Labute approximate surface area is 424 Å². The molecule has 40 heteroatoms. The normalized spacial score (nSPS) is 33.7. The van der Waals surface area contributed by atoms with Gasteiger partial charge in [0, 0.05) is 83.4 Å². The van der Waals surface area contributed by atoms with Crippen molar-refractivity contribution < 1.29 is 155 Å². The molecule has 0 amide bonds. The van der Waals surface area contributed by atoms with Gasteiger partial charge in [0.05, 0.1) is 30.0 Å². The Balaban J connectivity index is -0.000000249. The maximum absolute atomic E-state index is 10.9. The Bertz CT molecular complexity index is 1310. The van der Waals surface area contributed by atoms with E-state index in [1.807, 2.05) is 0 Å². The van der Waals surface area contributed by atoms with Gasteiger partial charge in [0.25, 0.3) is 17.4 Å². The Morgan fingerprint density at radius 1 is 0.825 bits per heavy atom. The van der Waals surface area contributed by atoms with Crippen molar-refractivity contribution in [3.63, 3.8) is 0 Å². The second-order valence-corrected chi connectivity index (χ2v) is 13.4. The third-order valence-corrected chi connectivity index (χ3v) is 7.55. The number of carbonyl (C=O) groups excluding carboxylic acids is 1. The van der Waals surface area contributed by atoms with Gasteiger partial charge < -0.3 is 94.3 Å². The van der Waals surface area contributed by atoms with Gasteiger partial charge in [-0.2, -0.15) is 13.0 Å². The largest absolute Gasteiger partial charge is 1.00 e. The molecule has 2 radical (unpaired) electrons. The summed E-state index contributed by atoms with van der Waals surface area (Å²) >= 11 is 16.4. The molecule has 3 fully saturated rings. The van der Waals surface area contributed by atoms with Crippen LogP contribution in [0.25, 0.3) is 0 Å². The molecular weight excluding hydrogens is 1050 g/mol. The van der Waals surface area contributed by atoms with E-state index in [9.17, 15) is 54.9 Å². The number of carboxylic acid groups (broad SMARTS) is 3. The third kappa shape index (κ3) is 27.6. The van der Waals surface area contributed by atoms with Crippen molar-refractivity contribution in [2.75, 3.05) is 13.2 Å². The molecule has 17 atom stereocenters. The maximum atomic E-state index is 10.9. The van der Waals surface area contributed by atoms with Crippen molar-refractivity contribution in [3.05, 3.63) is 0 Å². The van der Waals surface area contributed by atoms with Crippen molar-refractivity contribution in [2.45, 2.75) is 104 Å². The number of thiol groups is 5. The van der Waals surface area contributed by atoms with Crippen molar-refractivity contribution in [2.24, 2.45) is 11.1 Å². The molecule has 3 rings (SSSR count). The Kier molecular flexibility index (Phi) is 42.7. The van der Waals surface area contributed by atoms with Crippen LogP contribution in [0.5, 0.6) is 0 Å². The molecular formula is C23H53BN3NaO26P4S5. The summed E-state index contributed by atoms with van der Waals surface area (Å²) in [5, 5.41) is 105. The summed E-state index contributed by atoms with van der Waals surface area (Å²) in [6.07, 6.45) is -15.2. The molecule has 29 nitrogen and oxygen atoms in total. The average Bonchev–Trinajstić information content (AvgIpc) is 3.26. The summed E-state index contributed by atoms with van der Waals surface area (Å²) in [7, 11) is 0.479. The van der Waals surface area contributed by atoms with Gasteiger partial charge in [-0.05, 0) is 25.8 Å². The van der Waals surface area contributed by atoms with Crippen LogP contribution < -0.4 is 45.8 Å². The Hall–Kier alpha value is 1.73. The fourth-order valence-electron chi connectivity index (χ4n) is 4.62. The number of nitrogens with two attached hydrogens (primary N) is 2. The summed E-state index contributed by atoms with van der Waals surface area (Å²) in [6, 6.07) is 0. The summed E-state index contributed by atoms with van der Waals surface area (Å²) in [5.74, 6) is -12.8. The molecule has 16 N–H and O–H groups in total. The zero-order valence-electron chi connectivity index (χ0n) is 36.4. The number of rotatable bonds is 17. The maximum Gasteiger partial charge on any atom is 1.00 e. The quantitative estimate of drug-likeness (QED) is 0.0122. The smallest absolute Gasteiger partial charge is 0.568 e. The molecule has 0 aromatic rings. The number of carbonyl (C=O) groups is 4. The van der Waals surface area contributed by atoms with E-state index >= 15 is 0 Å². The molecule has 0 spiro atoms. The zero-order chi connectivity index (χ0) is 52.3. The molecule has 3 aliphatic heterocycles. The Morgan fingerprint density at radius 3 is 1.52 bits per heavy atom. The Morgan fingerprint density at radius 2 is 1.17 bits per heavy atom. The molecule has 0 aromatic heterocycles. The number of nitrogens with one attached hydrogen (secondary N) is 1. The second-order valence-electron chi connectivity index (χ2n) is 11.1. The number of hydrogen-bond donors (Lipinski definition) is 19. The fourth-order valence-corrected chi connectivity index (χ4v) is 5.12. The summed E-state index contributed by atoms with van der Waals surface area (Å²) in [6.45, 7) is 0.996. The van der Waals surface area contributed by atoms with Gasteiger partial charge in [-0.15, -0.1) is 0 Å². The van der Waals surface area contributed by atoms with E-state index in [-0.39, 0.29) is 79.9 Å². The van der Waals surface area contributed by atoms with Crippen molar-refractivity contribution in [1.29, 1.82) is 5.11 Å². The minimum absolute atomic E-state index is 0. The van der Waals surface area contributed by atoms with E-state index in [4.69, 9.17) is 40.7 Å². The van der Waals surface area contributed by atoms with Crippen molar-refractivity contribution in [1.82, 2.24) is 5.09 Å². The third-order valence-electron chi connectivity index (χ3n) is 7.09. The number of hydrogen-bond acceptors (Lipinski definition) is 31. The molecule has 0 aliphatic carbocycles. The minimum Gasteiger partial charge on any atom is -0.568 e. The molecule has 0 saturated carbocycles. The number of carboxylic acids is 3. The summed E-state index contributed by atoms with van der Waals surface area (Å²) < 4.78 is 59.7. The molecule has 370 valence electrons. The predicted molar refractivity (Wildman–Crippen MR) is 235 cm³/mol. The summed E-state index contributed by atoms with van der Waals surface area (Å²) in [5.41, 5.74) is 9.26. The van der Waals surface area contributed by atoms with Gasteiger partial charge >= 0.3 is 47.5 Å². The molecule has 0 bridgehead atoms. The van der Waals surface area contributed by atoms with E-state index < -0.39 is 122 Å². The predicted octanol–water partition coefficient (Wildman–Crippen LogP) is -8.23. The average molecular weight is 1110 g/mol. The first-order valence-electron chi connectivity index (χ1n) is 17.7. The fraction of sp³-hybridized carbons (Fsp3) is 0.826. The van der Waals surface area contributed by atoms with E-state index in [0.29, 0.717) is 0 Å². The number of aliphatic carboxylic acids is 3. The molecule has 3 aliphatic rings. The van der Waals surface area contributed by atoms with Gasteiger partial charge in [-0.1, -0.05) is 18.7 Å². The molecule has 8 unspecified atom stereocenters. The number of aliphatic hydroxyl groups is 8. The van der Waals surface area contributed by atoms with Gasteiger partial charge in [0.15, 0.2) is 12.4 Å². The van der Waals surface area contributed by atoms with Crippen LogP contribution in [0.1, 0.15) is 19.3 Å². The SMILES string of the molecule is C[B-]N.O=C(O)[C@@]1(O)C[C@@H](O)[C@H](OOS)C(C(O)CO)O1.O=CC1O[C@@](O)(C(=O)O)C[C@@H](O)[C@@H]1OOS.[3H]PN.[3H]PNCC1O[C@@](O)(C(=O)O)C[C@@H](O)[C@@H]1OOS.[3H]POS.[3H]POS.[Na+]. The van der Waals surface area contributed by atoms with Crippen LogP contribution >= 0.6 is 102 Å². The molecule has 63 heavy (non-hydrogen) atoms. The van der Waals surface area contributed by atoms with Crippen LogP contribution in [-0.2, 0) is 69.0 Å². The van der Waals surface area contributed by atoms with Crippen molar-refractivity contribution >= 4 is 134 Å². The van der Waals surface area contributed by atoms with Crippen LogP contribution in [-0.4, -0.2) is 184 Å². The van der Waals surface area contributed by atoms with Crippen LogP contribution in [0.2, 0.25) is 6.82 Å². The minimum atomic E-state index is -2.68. The standard InChI is InChI=1S/C8H14O9S.C7H14NO7PS.C7H10O8S.CH5BN.H4NP.Na.2H3OPS/c9-2-4(11)5-6(16-17-18)3(10)1-8(14,15-5)7(12)13;9-3-1-7(12,6(10)11)13-4(2-8-16)5(3)14-15-17;8-2-4-5(14-15-16)3(9)1-7(12,13-4)6(10)11;1-2-3;1-2;;2*2-1-3/h3-6,9-11,14,18H,1-2H2,(H,12,13);3-5,8-9,12,17H,1-2,16H2,(H,10,11);2-5,9,12,16H,1H2,(H,10,11);3H2,1H3;1-2H2;;2*3H,2H2/q;;;-1;;+1;;/t3-,4?,5?,6+,8-;2*3-,4?,5+,7-;;;;;/m111...../s1/i;16T;;;2T;;2*2T/tm;3-,4?,5+,7-,16?;m;;;;;. The first kappa shape index (κ1) is 64.7. The first-order chi connectivity index (χ1) is 30.9. The first-order valence-corrected chi connectivity index (χ1v) is 19.4. The summed E-state index contributed by atoms with van der Waals surface area (Å²) in [4.78, 5) is 56.6. The van der Waals surface area contributed by atoms with E-state index in [1.54, 1.807) is 6.82 Å². The zero-order valence-corrected chi connectivity index (χ0v) is 42.9. The van der Waals surface area contributed by atoms with E-state index in [2.05, 4.69) is 115 Å². The van der Waals surface area contributed by atoms with Crippen LogP contribution in [0, 0.1) is 0 Å². The van der Waals surface area contributed by atoms with Crippen LogP contribution in [0.3, 0.4) is 0 Å². The van der Waals surface area contributed by atoms with Gasteiger partial charge in [0.2, 0.25) is 0 Å². The number of aldehydes is 1. The van der Waals surface area contributed by atoms with E-state index in [0.717, 1.165) is 0 Å². The van der Waals surface area contributed by atoms with E-state index in [1.165, 1.54) is 7.41 Å². The van der Waals surface area contributed by atoms with Gasteiger partial charge in [-0.3, -0.25) is 12.5 Å². The van der Waals surface area contributed by atoms with Gasteiger partial charge in [-0.25, -0.2) is 35.9 Å². The molecule has 3 heterocycles. The number of aliphatic hydroxyl groups excluding tert-OH is 5. The number of ether oxygens (including phenoxy) is 3. The molecule has 3 saturated heterocycles.